The van der Waals surface area contributed by atoms with Crippen LogP contribution in [0.25, 0.3) is 10.2 Å². The van der Waals surface area contributed by atoms with Crippen LogP contribution in [0.3, 0.4) is 0 Å². The number of hydrogen-bond donors (Lipinski definition) is 2. The number of benzene rings is 1. The predicted molar refractivity (Wildman–Crippen MR) is 88.7 cm³/mol. The summed E-state index contributed by atoms with van der Waals surface area (Å²) in [5.74, 6) is -0.178. The molecule has 2 N–H and O–H groups in total. The van der Waals surface area contributed by atoms with Gasteiger partial charge in [-0.2, -0.15) is 4.37 Å². The van der Waals surface area contributed by atoms with Crippen LogP contribution in [0, 0.1) is 13.8 Å². The Kier molecular flexibility index (Phi) is 3.60. The zero-order valence-electron chi connectivity index (χ0n) is 11.9. The normalized spacial score (nSPS) is 10.8. The van der Waals surface area contributed by atoms with Crippen LogP contribution in [-0.4, -0.2) is 22.3 Å². The van der Waals surface area contributed by atoms with Gasteiger partial charge in [-0.1, -0.05) is 23.5 Å². The van der Waals surface area contributed by atoms with Gasteiger partial charge in [0.1, 0.15) is 5.00 Å². The first-order chi connectivity index (χ1) is 10.1. The Bertz CT molecular complexity index is 822. The Morgan fingerprint density at radius 1 is 1.29 bits per heavy atom. The molecule has 3 rings (SSSR count). The summed E-state index contributed by atoms with van der Waals surface area (Å²) in [6.45, 7) is 3.84. The third-order valence-corrected chi connectivity index (χ3v) is 5.05. The Morgan fingerprint density at radius 2 is 2.10 bits per heavy atom. The molecule has 0 fully saturated rings. The lowest BCUT2D eigenvalue weighted by Crippen LogP contribution is -2.13. The molecular formula is C14H14N4OS2. The number of anilines is 2. The van der Waals surface area contributed by atoms with E-state index in [1.54, 1.807) is 7.05 Å². The predicted octanol–water partition coefficient (Wildman–Crippen LogP) is 3.66. The molecule has 0 unspecified atom stereocenters. The van der Waals surface area contributed by atoms with E-state index in [1.807, 2.05) is 32.0 Å². The number of amides is 1. The number of hydrogen-bond acceptors (Lipinski definition) is 6. The van der Waals surface area contributed by atoms with Crippen molar-refractivity contribution in [2.45, 2.75) is 13.8 Å². The zero-order valence-corrected chi connectivity index (χ0v) is 13.5. The van der Waals surface area contributed by atoms with Crippen LogP contribution in [0.15, 0.2) is 18.2 Å². The van der Waals surface area contributed by atoms with Crippen LogP contribution in [0.2, 0.25) is 0 Å². The highest BCUT2D eigenvalue weighted by Crippen LogP contribution is 2.30. The minimum absolute atomic E-state index is 0.178. The van der Waals surface area contributed by atoms with Crippen molar-refractivity contribution in [2.24, 2.45) is 0 Å². The van der Waals surface area contributed by atoms with E-state index < -0.39 is 0 Å². The van der Waals surface area contributed by atoms with Crippen molar-refractivity contribution < 1.29 is 4.79 Å². The van der Waals surface area contributed by atoms with Gasteiger partial charge in [-0.15, -0.1) is 0 Å². The molecule has 2 heterocycles. The molecule has 0 aliphatic heterocycles. The molecule has 2 aromatic heterocycles. The quantitative estimate of drug-likeness (QED) is 0.773. The van der Waals surface area contributed by atoms with Gasteiger partial charge in [0.2, 0.25) is 0 Å². The highest BCUT2D eigenvalue weighted by molar-refractivity contribution is 7.22. The second kappa shape index (κ2) is 5.42. The smallest absolute Gasteiger partial charge is 0.262 e. The maximum atomic E-state index is 12.4. The monoisotopic (exact) mass is 318 g/mol. The third-order valence-electron chi connectivity index (χ3n) is 3.16. The molecule has 0 spiro atoms. The molecule has 0 saturated carbocycles. The summed E-state index contributed by atoms with van der Waals surface area (Å²) >= 11 is 2.76. The largest absolute Gasteiger partial charge is 0.378 e. The Labute approximate surface area is 130 Å². The first-order valence-corrected chi connectivity index (χ1v) is 8.00. The Morgan fingerprint density at radius 3 is 2.81 bits per heavy atom. The number of rotatable bonds is 3. The molecule has 0 saturated heterocycles. The fraction of sp³-hybridized carbons (Fsp3) is 0.214. The second-order valence-corrected chi connectivity index (χ2v) is 6.42. The van der Waals surface area contributed by atoms with Crippen LogP contribution >= 0.6 is 22.9 Å². The fourth-order valence-corrected chi connectivity index (χ4v) is 3.79. The van der Waals surface area contributed by atoms with Crippen molar-refractivity contribution in [3.63, 3.8) is 0 Å². The third kappa shape index (κ3) is 2.50. The van der Waals surface area contributed by atoms with Crippen molar-refractivity contribution in [1.82, 2.24) is 9.36 Å². The maximum Gasteiger partial charge on any atom is 0.262 e. The van der Waals surface area contributed by atoms with Crippen molar-refractivity contribution in [2.75, 3.05) is 17.7 Å². The van der Waals surface area contributed by atoms with Gasteiger partial charge in [0.05, 0.1) is 21.5 Å². The lowest BCUT2D eigenvalue weighted by atomic mass is 10.2. The van der Waals surface area contributed by atoms with Crippen LogP contribution in [0.5, 0.6) is 0 Å². The van der Waals surface area contributed by atoms with Crippen molar-refractivity contribution in [3.05, 3.63) is 35.0 Å². The SMILES string of the molecule is CNc1snc(C)c1C(=O)Nc1nc2c(C)cccc2s1. The maximum absolute atomic E-state index is 12.4. The first-order valence-electron chi connectivity index (χ1n) is 6.41. The molecule has 0 aliphatic rings. The van der Waals surface area contributed by atoms with Gasteiger partial charge >= 0.3 is 0 Å². The molecule has 5 nitrogen and oxygen atoms in total. The van der Waals surface area contributed by atoms with Crippen molar-refractivity contribution in [1.29, 1.82) is 0 Å². The molecule has 1 aromatic carbocycles. The number of carbonyl (C=O) groups is 1. The minimum atomic E-state index is -0.178. The fourth-order valence-electron chi connectivity index (χ4n) is 2.11. The summed E-state index contributed by atoms with van der Waals surface area (Å²) in [6, 6.07) is 6.01. The Hall–Kier alpha value is -1.99. The lowest BCUT2D eigenvalue weighted by Gasteiger charge is -2.03. The summed E-state index contributed by atoms with van der Waals surface area (Å²) in [4.78, 5) is 16.9. The van der Waals surface area contributed by atoms with Crippen LogP contribution in [0.1, 0.15) is 21.6 Å². The number of nitrogens with zero attached hydrogens (tertiary/aromatic N) is 2. The first kappa shape index (κ1) is 14.0. The molecule has 3 aromatic rings. The van der Waals surface area contributed by atoms with E-state index in [4.69, 9.17) is 0 Å². The topological polar surface area (TPSA) is 66.9 Å². The number of aromatic nitrogens is 2. The second-order valence-electron chi connectivity index (χ2n) is 4.62. The van der Waals surface area contributed by atoms with E-state index in [1.165, 1.54) is 22.9 Å². The minimum Gasteiger partial charge on any atom is -0.378 e. The van der Waals surface area contributed by atoms with Crippen LogP contribution in [0.4, 0.5) is 10.1 Å². The van der Waals surface area contributed by atoms with Gasteiger partial charge in [-0.05, 0) is 37.0 Å². The molecular weight excluding hydrogens is 304 g/mol. The number of fused-ring (bicyclic) bond motifs is 1. The summed E-state index contributed by atoms with van der Waals surface area (Å²) in [5, 5.41) is 7.24. The van der Waals surface area contributed by atoms with E-state index in [9.17, 15) is 4.79 Å². The highest BCUT2D eigenvalue weighted by Gasteiger charge is 2.19. The van der Waals surface area contributed by atoms with E-state index >= 15 is 0 Å². The van der Waals surface area contributed by atoms with Crippen molar-refractivity contribution in [3.8, 4) is 0 Å². The molecule has 0 radical (unpaired) electrons. The number of thiazole rings is 1. The van der Waals surface area contributed by atoms with Gasteiger partial charge in [0.25, 0.3) is 5.91 Å². The molecule has 1 amide bonds. The zero-order chi connectivity index (χ0) is 15.0. The highest BCUT2D eigenvalue weighted by atomic mass is 32.1. The van der Waals surface area contributed by atoms with Crippen LogP contribution in [-0.2, 0) is 0 Å². The Balaban J connectivity index is 1.93. The van der Waals surface area contributed by atoms with Gasteiger partial charge in [-0.3, -0.25) is 10.1 Å². The average molecular weight is 318 g/mol. The summed E-state index contributed by atoms with van der Waals surface area (Å²) in [6.07, 6.45) is 0. The molecule has 108 valence electrons. The molecule has 0 bridgehead atoms. The van der Waals surface area contributed by atoms with E-state index in [-0.39, 0.29) is 5.91 Å². The number of carbonyl (C=O) groups excluding carboxylic acids is 1. The van der Waals surface area contributed by atoms with Crippen molar-refractivity contribution >= 4 is 49.1 Å². The van der Waals surface area contributed by atoms with E-state index in [0.29, 0.717) is 10.7 Å². The molecule has 7 heteroatoms. The number of para-hydroxylation sites is 1. The van der Waals surface area contributed by atoms with Gasteiger partial charge in [0, 0.05) is 7.05 Å². The number of nitrogens with one attached hydrogen (secondary N) is 2. The van der Waals surface area contributed by atoms with Crippen LogP contribution < -0.4 is 10.6 Å². The lowest BCUT2D eigenvalue weighted by molar-refractivity contribution is 0.102. The summed E-state index contributed by atoms with van der Waals surface area (Å²) < 4.78 is 5.28. The summed E-state index contributed by atoms with van der Waals surface area (Å²) in [5.41, 5.74) is 3.35. The summed E-state index contributed by atoms with van der Waals surface area (Å²) in [7, 11) is 1.78. The number of aryl methyl sites for hydroxylation is 2. The average Bonchev–Trinajstić information content (AvgIpc) is 3.02. The standard InChI is InChI=1S/C14H14N4OS2/c1-7-5-4-6-9-11(7)16-14(20-9)17-12(19)10-8(2)18-21-13(10)15-3/h4-6,15H,1-3H3,(H,16,17,19). The van der Waals surface area contributed by atoms with E-state index in [0.717, 1.165) is 26.5 Å². The van der Waals surface area contributed by atoms with E-state index in [2.05, 4.69) is 20.0 Å². The molecule has 21 heavy (non-hydrogen) atoms. The molecule has 0 aliphatic carbocycles. The molecule has 0 atom stereocenters. The van der Waals surface area contributed by atoms with Gasteiger partial charge in [-0.25, -0.2) is 4.98 Å². The van der Waals surface area contributed by atoms with Gasteiger partial charge < -0.3 is 5.32 Å². The van der Waals surface area contributed by atoms with Gasteiger partial charge in [0.15, 0.2) is 5.13 Å².